The van der Waals surface area contributed by atoms with Crippen molar-refractivity contribution in [3.8, 4) is 17.2 Å². The van der Waals surface area contributed by atoms with E-state index in [4.69, 9.17) is 45.1 Å². The van der Waals surface area contributed by atoms with Crippen molar-refractivity contribution >= 4 is 43.4 Å². The number of amides is 2. The third-order valence-corrected chi connectivity index (χ3v) is 9.75. The first kappa shape index (κ1) is 40.2. The second kappa shape index (κ2) is 17.0. The Bertz CT molecular complexity index is 1920. The van der Waals surface area contributed by atoms with Crippen LogP contribution in [0.25, 0.3) is 0 Å². The van der Waals surface area contributed by atoms with E-state index in [9.17, 15) is 32.5 Å². The van der Waals surface area contributed by atoms with Crippen molar-refractivity contribution in [2.75, 3.05) is 20.0 Å². The lowest BCUT2D eigenvalue weighted by Crippen LogP contribution is -2.71. The molecular weight excluding hydrogens is 761 g/mol. The fourth-order valence-corrected chi connectivity index (χ4v) is 6.79. The van der Waals surface area contributed by atoms with E-state index in [1.165, 1.54) is 48.5 Å². The maximum absolute atomic E-state index is 14.0. The minimum Gasteiger partial charge on any atom is -0.484 e. The molecule has 3 fully saturated rings. The Kier molecular flexibility index (Phi) is 12.7. The van der Waals surface area contributed by atoms with Gasteiger partial charge < -0.3 is 38.8 Å². The predicted octanol–water partition coefficient (Wildman–Crippen LogP) is 4.81. The molecule has 0 saturated heterocycles. The first-order chi connectivity index (χ1) is 25.5. The molecule has 0 unspecified atom stereocenters. The molecule has 3 aromatic rings. The quantitative estimate of drug-likeness (QED) is 0.0928. The number of nitrogens with one attached hydrogen (secondary N) is 2. The molecule has 3 aromatic carbocycles. The van der Waals surface area contributed by atoms with Crippen LogP contribution in [0.3, 0.4) is 0 Å². The van der Waals surface area contributed by atoms with Gasteiger partial charge in [-0.15, -0.1) is 0 Å². The monoisotopic (exact) mass is 796 g/mol. The molecule has 0 spiro atoms. The summed E-state index contributed by atoms with van der Waals surface area (Å²) < 4.78 is 69.8. The second-order valence-electron chi connectivity index (χ2n) is 12.8. The zero-order valence-corrected chi connectivity index (χ0v) is 30.3. The Morgan fingerprint density at radius 1 is 0.833 bits per heavy atom. The van der Waals surface area contributed by atoms with Crippen molar-refractivity contribution < 1.29 is 70.5 Å². The molecule has 0 aromatic heterocycles. The maximum atomic E-state index is 14.0. The highest BCUT2D eigenvalue weighted by atomic mass is 35.5. The summed E-state index contributed by atoms with van der Waals surface area (Å²) in [6.45, 7) is -0.165. The number of aryl methyl sites for hydroxylation is 1. The van der Waals surface area contributed by atoms with Gasteiger partial charge in [0, 0.05) is 24.1 Å². The number of halogens is 3. The van der Waals surface area contributed by atoms with E-state index in [-0.39, 0.29) is 48.0 Å². The molecule has 54 heavy (non-hydrogen) atoms. The van der Waals surface area contributed by atoms with Crippen LogP contribution in [0.15, 0.2) is 60.7 Å². The Labute approximate surface area is 312 Å². The van der Waals surface area contributed by atoms with Crippen LogP contribution in [0, 0.1) is 18.6 Å². The molecule has 0 aliphatic heterocycles. The third kappa shape index (κ3) is 11.0. The van der Waals surface area contributed by atoms with Gasteiger partial charge in [0.25, 0.3) is 11.8 Å². The third-order valence-electron chi connectivity index (χ3n) is 8.99. The fourth-order valence-electron chi connectivity index (χ4n) is 6.28. The van der Waals surface area contributed by atoms with E-state index in [2.05, 4.69) is 15.2 Å². The minimum atomic E-state index is -4.76. The molecule has 4 N–H and O–H groups in total. The molecule has 3 aliphatic rings. The first-order valence-corrected chi connectivity index (χ1v) is 18.3. The van der Waals surface area contributed by atoms with Gasteiger partial charge in [0.05, 0.1) is 17.0 Å². The van der Waals surface area contributed by atoms with Gasteiger partial charge in [-0.05, 0) is 74.1 Å². The summed E-state index contributed by atoms with van der Waals surface area (Å²) in [7, 11) is -4.76. The minimum absolute atomic E-state index is 0.0508. The van der Waals surface area contributed by atoms with E-state index >= 15 is 0 Å². The molecule has 1 atom stereocenters. The average Bonchev–Trinajstić information content (AvgIpc) is 3.10. The lowest BCUT2D eigenvalue weighted by atomic mass is 9.59. The van der Waals surface area contributed by atoms with Crippen LogP contribution in [0.5, 0.6) is 17.2 Å². The Morgan fingerprint density at radius 3 is 2.04 bits per heavy atom. The van der Waals surface area contributed by atoms with E-state index in [0.717, 1.165) is 12.1 Å². The average molecular weight is 797 g/mol. The molecule has 2 bridgehead atoms. The topological polar surface area (TPSA) is 205 Å². The number of carbonyl (C=O) groups is 4. The molecule has 0 heterocycles. The summed E-state index contributed by atoms with van der Waals surface area (Å²) in [4.78, 5) is 69.1. The van der Waals surface area contributed by atoms with Crippen molar-refractivity contribution in [1.82, 2.24) is 10.6 Å². The molecule has 3 aliphatic carbocycles. The van der Waals surface area contributed by atoms with E-state index < -0.39 is 80.6 Å². The maximum Gasteiger partial charge on any atom is 0.524 e. The Hall–Kier alpha value is -4.96. The number of carbonyl (C=O) groups excluding carboxylic acids is 4. The van der Waals surface area contributed by atoms with Crippen LogP contribution >= 0.6 is 19.4 Å². The zero-order valence-electron chi connectivity index (χ0n) is 28.7. The van der Waals surface area contributed by atoms with E-state index in [1.807, 2.05) is 0 Å². The van der Waals surface area contributed by atoms with Gasteiger partial charge in [0.15, 0.2) is 13.2 Å². The smallest absolute Gasteiger partial charge is 0.484 e. The van der Waals surface area contributed by atoms with Crippen LogP contribution in [0.1, 0.15) is 43.2 Å². The van der Waals surface area contributed by atoms with Gasteiger partial charge in [-0.3, -0.25) is 24.2 Å². The van der Waals surface area contributed by atoms with Crippen LogP contribution in [-0.4, -0.2) is 70.9 Å². The Morgan fingerprint density at radius 2 is 1.43 bits per heavy atom. The predicted molar refractivity (Wildman–Crippen MR) is 184 cm³/mol. The number of hydrogen-bond acceptors (Lipinski definition) is 11. The number of phosphoric ester groups is 1. The van der Waals surface area contributed by atoms with Crippen LogP contribution in [-0.2, 0) is 39.6 Å². The van der Waals surface area contributed by atoms with Crippen LogP contribution < -0.4 is 24.6 Å². The molecule has 2 amide bonds. The number of hydrogen-bond donors (Lipinski definition) is 4. The van der Waals surface area contributed by atoms with Gasteiger partial charge in [0.2, 0.25) is 6.79 Å². The normalized spacial score (nSPS) is 20.3. The lowest BCUT2D eigenvalue weighted by molar-refractivity contribution is -0.156. The molecule has 19 heteroatoms. The summed E-state index contributed by atoms with van der Waals surface area (Å²) in [5, 5.41) is 5.74. The van der Waals surface area contributed by atoms with E-state index in [0.29, 0.717) is 24.0 Å². The number of ether oxygens (including phenoxy) is 5. The fraction of sp³-hybridized carbons (Fsp3) is 0.371. The van der Waals surface area contributed by atoms with Gasteiger partial charge in [0.1, 0.15) is 35.0 Å². The largest absolute Gasteiger partial charge is 0.524 e. The van der Waals surface area contributed by atoms with Gasteiger partial charge in [-0.25, -0.2) is 18.1 Å². The number of fused-ring (bicyclic) bond motifs is 3. The summed E-state index contributed by atoms with van der Waals surface area (Å²) in [6.07, 6.45) is -1.23. The first-order valence-electron chi connectivity index (χ1n) is 16.4. The Balaban J connectivity index is 1.18. The van der Waals surface area contributed by atoms with Crippen molar-refractivity contribution in [1.29, 1.82) is 0 Å². The second-order valence-corrected chi connectivity index (χ2v) is 14.4. The number of esters is 1. The van der Waals surface area contributed by atoms with E-state index in [1.54, 1.807) is 6.92 Å². The van der Waals surface area contributed by atoms with Crippen LogP contribution in [0.2, 0.25) is 5.02 Å². The molecule has 6 rings (SSSR count). The number of benzene rings is 3. The van der Waals surface area contributed by atoms with Gasteiger partial charge >= 0.3 is 19.9 Å². The standard InChI is InChI=1S/C35H36ClF2N2O13P/c1-21-2-5-24(15-27(21)37)49-19-31(42)40-35-12-10-34(11-13-35,39-30(41)18-48-25-8-9-26(36)28(38)16-25)17-29(35)52-33(44)51-20-50-32(43)14-22-3-6-23(7-4-22)53-54(45,46)47/h2-9,15-16,29H,10-14,17-20H2,1H3,(H,39,41)(H,40,42)(H2,45,46,47)/t29-,34?,35?/m0/s1. The number of phosphoric acid groups is 1. The summed E-state index contributed by atoms with van der Waals surface area (Å²) in [5.74, 6) is -3.01. The summed E-state index contributed by atoms with van der Waals surface area (Å²) in [5.41, 5.74) is -1.17. The molecule has 290 valence electrons. The van der Waals surface area contributed by atoms with Gasteiger partial charge in [-0.1, -0.05) is 29.8 Å². The molecule has 3 saturated carbocycles. The summed E-state index contributed by atoms with van der Waals surface area (Å²) >= 11 is 5.71. The molecular formula is C35H36ClF2N2O13P. The zero-order chi connectivity index (χ0) is 39.1. The highest BCUT2D eigenvalue weighted by Crippen LogP contribution is 2.48. The lowest BCUT2D eigenvalue weighted by Gasteiger charge is -2.56. The SMILES string of the molecule is Cc1ccc(OCC(=O)NC23CCC(NC(=O)COc4ccc(Cl)c(F)c4)(CC2)C[C@@H]3OC(=O)OCOC(=O)Cc2ccc(OP(=O)(O)O)cc2)cc1F. The van der Waals surface area contributed by atoms with Crippen molar-refractivity contribution in [2.45, 2.75) is 62.6 Å². The van der Waals surface area contributed by atoms with Crippen LogP contribution in [0.4, 0.5) is 13.6 Å². The van der Waals surface area contributed by atoms with Crippen molar-refractivity contribution in [3.63, 3.8) is 0 Å². The van der Waals surface area contributed by atoms with Gasteiger partial charge in [-0.2, -0.15) is 0 Å². The number of rotatable bonds is 15. The molecule has 0 radical (unpaired) electrons. The summed E-state index contributed by atoms with van der Waals surface area (Å²) in [6, 6.07) is 13.2. The van der Waals surface area contributed by atoms with Crippen molar-refractivity contribution in [3.05, 3.63) is 88.4 Å². The van der Waals surface area contributed by atoms with Crippen molar-refractivity contribution in [2.24, 2.45) is 0 Å². The highest BCUT2D eigenvalue weighted by Gasteiger charge is 2.57. The molecule has 15 nitrogen and oxygen atoms in total. The highest BCUT2D eigenvalue weighted by molar-refractivity contribution is 7.46.